The van der Waals surface area contributed by atoms with Crippen molar-refractivity contribution in [2.45, 2.75) is 26.2 Å². The number of piperazine rings is 1. The van der Waals surface area contributed by atoms with Crippen LogP contribution in [-0.2, 0) is 11.2 Å². The third kappa shape index (κ3) is 8.08. The van der Waals surface area contributed by atoms with E-state index in [1.807, 2.05) is 18.2 Å². The first-order valence-corrected chi connectivity index (χ1v) is 9.00. The highest BCUT2D eigenvalue weighted by molar-refractivity contribution is 5.85. The summed E-state index contributed by atoms with van der Waals surface area (Å²) in [6.07, 6.45) is 2.44. The van der Waals surface area contributed by atoms with Gasteiger partial charge >= 0.3 is 0 Å². The highest BCUT2D eigenvalue weighted by atomic mass is 35.5. The fourth-order valence-corrected chi connectivity index (χ4v) is 3.17. The summed E-state index contributed by atoms with van der Waals surface area (Å²) in [5.41, 5.74) is 1.17. The first-order chi connectivity index (χ1) is 11.7. The number of para-hydroxylation sites is 1. The summed E-state index contributed by atoms with van der Waals surface area (Å²) in [5, 5.41) is 6.41. The lowest BCUT2D eigenvalue weighted by Gasteiger charge is -2.27. The van der Waals surface area contributed by atoms with Crippen molar-refractivity contribution in [2.24, 2.45) is 5.92 Å². The Morgan fingerprint density at radius 3 is 2.76 bits per heavy atom. The number of hydrogen-bond acceptors (Lipinski definition) is 4. The number of methoxy groups -OCH3 is 1. The van der Waals surface area contributed by atoms with Gasteiger partial charge in [-0.25, -0.2) is 0 Å². The zero-order chi connectivity index (χ0) is 17.2. The summed E-state index contributed by atoms with van der Waals surface area (Å²) in [7, 11) is 1.69. The number of carbonyl (C=O) groups excluding carboxylic acids is 1. The lowest BCUT2D eigenvalue weighted by atomic mass is 9.97. The van der Waals surface area contributed by atoms with Gasteiger partial charge in [-0.1, -0.05) is 25.1 Å². The highest BCUT2D eigenvalue weighted by Gasteiger charge is 2.13. The molecule has 25 heavy (non-hydrogen) atoms. The molecule has 1 saturated heterocycles. The smallest absolute Gasteiger partial charge is 0.220 e. The van der Waals surface area contributed by atoms with Crippen molar-refractivity contribution in [2.75, 3.05) is 46.4 Å². The average Bonchev–Trinajstić information content (AvgIpc) is 2.60. The molecule has 1 aromatic carbocycles. The van der Waals surface area contributed by atoms with E-state index in [4.69, 9.17) is 4.74 Å². The van der Waals surface area contributed by atoms with E-state index in [2.05, 4.69) is 28.5 Å². The summed E-state index contributed by atoms with van der Waals surface area (Å²) in [5.74, 6) is 1.35. The molecule has 0 radical (unpaired) electrons. The van der Waals surface area contributed by atoms with Gasteiger partial charge in [0.1, 0.15) is 5.75 Å². The van der Waals surface area contributed by atoms with Crippen molar-refractivity contribution >= 4 is 18.3 Å². The molecule has 0 spiro atoms. The number of ether oxygens (including phenoxy) is 1. The Hall–Kier alpha value is -1.30. The minimum Gasteiger partial charge on any atom is -0.496 e. The van der Waals surface area contributed by atoms with Crippen LogP contribution in [0.5, 0.6) is 5.75 Å². The second-order valence-corrected chi connectivity index (χ2v) is 6.62. The van der Waals surface area contributed by atoms with E-state index < -0.39 is 0 Å². The Morgan fingerprint density at radius 2 is 2.04 bits per heavy atom. The van der Waals surface area contributed by atoms with Gasteiger partial charge in [0.15, 0.2) is 0 Å². The van der Waals surface area contributed by atoms with Gasteiger partial charge in [-0.3, -0.25) is 4.79 Å². The van der Waals surface area contributed by atoms with Gasteiger partial charge in [0, 0.05) is 39.1 Å². The van der Waals surface area contributed by atoms with Crippen molar-refractivity contribution in [3.05, 3.63) is 29.8 Å². The van der Waals surface area contributed by atoms with Crippen molar-refractivity contribution < 1.29 is 9.53 Å². The highest BCUT2D eigenvalue weighted by Crippen LogP contribution is 2.21. The van der Waals surface area contributed by atoms with Crippen LogP contribution >= 0.6 is 12.4 Å². The molecule has 0 aliphatic carbocycles. The molecule has 5 nitrogen and oxygen atoms in total. The molecule has 2 N–H and O–H groups in total. The third-order valence-electron chi connectivity index (χ3n) is 4.48. The Morgan fingerprint density at radius 1 is 1.32 bits per heavy atom. The second kappa shape index (κ2) is 12.1. The number of halogens is 1. The summed E-state index contributed by atoms with van der Waals surface area (Å²) < 4.78 is 5.38. The van der Waals surface area contributed by atoms with Crippen LogP contribution in [0.15, 0.2) is 24.3 Å². The Labute approximate surface area is 157 Å². The van der Waals surface area contributed by atoms with E-state index in [9.17, 15) is 4.79 Å². The van der Waals surface area contributed by atoms with Crippen LogP contribution in [0.3, 0.4) is 0 Å². The monoisotopic (exact) mass is 369 g/mol. The maximum atomic E-state index is 12.1. The van der Waals surface area contributed by atoms with Crippen molar-refractivity contribution in [3.8, 4) is 5.75 Å². The second-order valence-electron chi connectivity index (χ2n) is 6.62. The van der Waals surface area contributed by atoms with Crippen LogP contribution in [-0.4, -0.2) is 57.2 Å². The fraction of sp³-hybridized carbons (Fsp3) is 0.632. The van der Waals surface area contributed by atoms with Crippen molar-refractivity contribution in [3.63, 3.8) is 0 Å². The molecule has 1 aliphatic heterocycles. The van der Waals surface area contributed by atoms with Gasteiger partial charge in [0.25, 0.3) is 0 Å². The van der Waals surface area contributed by atoms with Gasteiger partial charge in [0.05, 0.1) is 7.11 Å². The lowest BCUT2D eigenvalue weighted by Crippen LogP contribution is -2.44. The summed E-state index contributed by atoms with van der Waals surface area (Å²) in [4.78, 5) is 14.5. The quantitative estimate of drug-likeness (QED) is 0.654. The Kier molecular flexibility index (Phi) is 10.5. The van der Waals surface area contributed by atoms with Crippen LogP contribution < -0.4 is 15.4 Å². The minimum atomic E-state index is 0. The van der Waals surface area contributed by atoms with Gasteiger partial charge in [-0.15, -0.1) is 12.4 Å². The first-order valence-electron chi connectivity index (χ1n) is 9.00. The van der Waals surface area contributed by atoms with Crippen LogP contribution in [0.4, 0.5) is 0 Å². The lowest BCUT2D eigenvalue weighted by molar-refractivity contribution is -0.121. The molecule has 6 heteroatoms. The number of benzene rings is 1. The number of amides is 1. The molecule has 1 heterocycles. The van der Waals surface area contributed by atoms with Gasteiger partial charge in [-0.05, 0) is 36.9 Å². The number of nitrogens with zero attached hydrogens (tertiary/aromatic N) is 1. The van der Waals surface area contributed by atoms with Gasteiger partial charge < -0.3 is 20.3 Å². The van der Waals surface area contributed by atoms with Crippen LogP contribution in [0, 0.1) is 5.92 Å². The Bertz CT molecular complexity index is 507. The minimum absolute atomic E-state index is 0. The Balaban J connectivity index is 0.00000312. The molecule has 0 saturated carbocycles. The molecule has 1 aromatic rings. The van der Waals surface area contributed by atoms with Gasteiger partial charge in [0.2, 0.25) is 5.91 Å². The number of rotatable bonds is 9. The number of carbonyl (C=O) groups is 1. The van der Waals surface area contributed by atoms with E-state index in [0.717, 1.165) is 57.9 Å². The SMILES string of the molecule is COc1ccccc1CC(C)CC(=O)NCCCN1CCNCC1.Cl. The molecular formula is C19H32ClN3O2. The molecule has 1 atom stereocenters. The topological polar surface area (TPSA) is 53.6 Å². The van der Waals surface area contributed by atoms with Crippen LogP contribution in [0.1, 0.15) is 25.3 Å². The van der Waals surface area contributed by atoms with E-state index in [1.165, 1.54) is 5.56 Å². The predicted octanol–water partition coefficient (Wildman–Crippen LogP) is 2.10. The maximum absolute atomic E-state index is 12.1. The molecule has 1 aliphatic rings. The predicted molar refractivity (Wildman–Crippen MR) is 105 cm³/mol. The van der Waals surface area contributed by atoms with Crippen LogP contribution in [0.25, 0.3) is 0 Å². The molecule has 0 aromatic heterocycles. The van der Waals surface area contributed by atoms with Crippen molar-refractivity contribution in [1.29, 1.82) is 0 Å². The molecule has 142 valence electrons. The van der Waals surface area contributed by atoms with Crippen LogP contribution in [0.2, 0.25) is 0 Å². The molecule has 2 rings (SSSR count). The molecule has 0 bridgehead atoms. The summed E-state index contributed by atoms with van der Waals surface area (Å²) >= 11 is 0. The van der Waals surface area contributed by atoms with E-state index in [1.54, 1.807) is 7.11 Å². The fourth-order valence-electron chi connectivity index (χ4n) is 3.17. The zero-order valence-electron chi connectivity index (χ0n) is 15.4. The average molecular weight is 370 g/mol. The summed E-state index contributed by atoms with van der Waals surface area (Å²) in [6, 6.07) is 8.03. The van der Waals surface area contributed by atoms with E-state index in [-0.39, 0.29) is 18.3 Å². The normalized spacial score (nSPS) is 15.9. The molecular weight excluding hydrogens is 338 g/mol. The number of nitrogens with one attached hydrogen (secondary N) is 2. The zero-order valence-corrected chi connectivity index (χ0v) is 16.2. The summed E-state index contributed by atoms with van der Waals surface area (Å²) in [6.45, 7) is 8.34. The van der Waals surface area contributed by atoms with Crippen molar-refractivity contribution in [1.82, 2.24) is 15.5 Å². The van der Waals surface area contributed by atoms with E-state index in [0.29, 0.717) is 12.3 Å². The molecule has 1 fully saturated rings. The first kappa shape index (κ1) is 21.7. The third-order valence-corrected chi connectivity index (χ3v) is 4.48. The largest absolute Gasteiger partial charge is 0.496 e. The van der Waals surface area contributed by atoms with Gasteiger partial charge in [-0.2, -0.15) is 0 Å². The maximum Gasteiger partial charge on any atom is 0.220 e. The molecule has 1 amide bonds. The molecule has 1 unspecified atom stereocenters. The standard InChI is InChI=1S/C19H31N3O2.ClH/c1-16(14-17-6-3-4-7-18(17)24-2)15-19(23)21-8-5-11-22-12-9-20-10-13-22;/h3-4,6-7,16,20H,5,8-15H2,1-2H3,(H,21,23);1H. The number of hydrogen-bond donors (Lipinski definition) is 2. The van der Waals surface area contributed by atoms with E-state index >= 15 is 0 Å².